The molecule has 0 fully saturated rings. The number of amides is 2. The summed E-state index contributed by atoms with van der Waals surface area (Å²) in [4.78, 5) is 27.5. The molecule has 6 heteroatoms. The number of carbonyl (C=O) groups excluding carboxylic acids is 2. The third-order valence-electron chi connectivity index (χ3n) is 5.40. The number of fused-ring (bicyclic) bond motifs is 1. The van der Waals surface area contributed by atoms with E-state index in [0.717, 1.165) is 18.4 Å². The highest BCUT2D eigenvalue weighted by molar-refractivity contribution is 6.30. The first kappa shape index (κ1) is 22.6. The number of hydrogen-bond acceptors (Lipinski definition) is 3. The SMILES string of the molecule is C[C@H](CCc1ccccc1)NC(=O)CN1C(=O)/C(=C\c2cccc(Cl)c2)Oc2ccccc21. The molecule has 5 nitrogen and oxygen atoms in total. The summed E-state index contributed by atoms with van der Waals surface area (Å²) in [6.07, 6.45) is 3.31. The van der Waals surface area contributed by atoms with E-state index in [1.165, 1.54) is 10.5 Å². The molecular formula is C27H25ClN2O3. The van der Waals surface area contributed by atoms with Gasteiger partial charge in [0, 0.05) is 11.1 Å². The Bertz CT molecular complexity index is 1180. The monoisotopic (exact) mass is 460 g/mol. The van der Waals surface area contributed by atoms with Gasteiger partial charge in [0.05, 0.1) is 5.69 Å². The van der Waals surface area contributed by atoms with E-state index < -0.39 is 0 Å². The predicted molar refractivity (Wildman–Crippen MR) is 131 cm³/mol. The molecule has 168 valence electrons. The number of anilines is 1. The Balaban J connectivity index is 1.47. The third-order valence-corrected chi connectivity index (χ3v) is 5.63. The Morgan fingerprint density at radius 3 is 2.61 bits per heavy atom. The zero-order valence-corrected chi connectivity index (χ0v) is 19.1. The van der Waals surface area contributed by atoms with Crippen molar-refractivity contribution in [2.24, 2.45) is 0 Å². The molecule has 0 aliphatic carbocycles. The van der Waals surface area contributed by atoms with Crippen LogP contribution in [0.5, 0.6) is 5.75 Å². The number of nitrogens with zero attached hydrogens (tertiary/aromatic N) is 1. The van der Waals surface area contributed by atoms with Gasteiger partial charge in [-0.1, -0.05) is 66.2 Å². The van der Waals surface area contributed by atoms with Crippen LogP contribution in [-0.2, 0) is 16.0 Å². The second-order valence-corrected chi connectivity index (χ2v) is 8.45. The van der Waals surface area contributed by atoms with Gasteiger partial charge >= 0.3 is 0 Å². The van der Waals surface area contributed by atoms with Crippen LogP contribution < -0.4 is 15.0 Å². The van der Waals surface area contributed by atoms with Crippen molar-refractivity contribution in [2.75, 3.05) is 11.4 Å². The smallest absolute Gasteiger partial charge is 0.294 e. The minimum atomic E-state index is -0.374. The Hall–Kier alpha value is -3.57. The molecule has 0 bridgehead atoms. The van der Waals surface area contributed by atoms with Crippen molar-refractivity contribution < 1.29 is 14.3 Å². The zero-order valence-electron chi connectivity index (χ0n) is 18.3. The lowest BCUT2D eigenvalue weighted by atomic mass is 10.1. The van der Waals surface area contributed by atoms with Crippen LogP contribution >= 0.6 is 11.6 Å². The molecule has 0 radical (unpaired) electrons. The molecule has 3 aromatic rings. The molecule has 3 aromatic carbocycles. The summed E-state index contributed by atoms with van der Waals surface area (Å²) in [5.74, 6) is 0.0691. The van der Waals surface area contributed by atoms with Gasteiger partial charge in [0.1, 0.15) is 6.54 Å². The summed E-state index contributed by atoms with van der Waals surface area (Å²) in [7, 11) is 0. The summed E-state index contributed by atoms with van der Waals surface area (Å²) in [6.45, 7) is 1.88. The first-order valence-electron chi connectivity index (χ1n) is 10.9. The van der Waals surface area contributed by atoms with E-state index in [4.69, 9.17) is 16.3 Å². The lowest BCUT2D eigenvalue weighted by Gasteiger charge is -2.30. The van der Waals surface area contributed by atoms with Crippen LogP contribution in [0.15, 0.2) is 84.6 Å². The van der Waals surface area contributed by atoms with E-state index in [1.54, 1.807) is 36.4 Å². The van der Waals surface area contributed by atoms with Crippen LogP contribution in [0.2, 0.25) is 5.02 Å². The van der Waals surface area contributed by atoms with Crippen LogP contribution in [0.4, 0.5) is 5.69 Å². The molecule has 1 N–H and O–H groups in total. The molecule has 0 unspecified atom stereocenters. The van der Waals surface area contributed by atoms with Gasteiger partial charge < -0.3 is 10.1 Å². The highest BCUT2D eigenvalue weighted by Gasteiger charge is 2.31. The fourth-order valence-electron chi connectivity index (χ4n) is 3.73. The average Bonchev–Trinajstić information content (AvgIpc) is 2.81. The number of ether oxygens (including phenoxy) is 1. The summed E-state index contributed by atoms with van der Waals surface area (Å²) < 4.78 is 5.86. The number of carbonyl (C=O) groups is 2. The van der Waals surface area contributed by atoms with Gasteiger partial charge in [0.2, 0.25) is 5.91 Å². The lowest BCUT2D eigenvalue weighted by molar-refractivity contribution is -0.123. The largest absolute Gasteiger partial charge is 0.449 e. The van der Waals surface area contributed by atoms with E-state index >= 15 is 0 Å². The molecule has 2 amide bonds. The first-order valence-corrected chi connectivity index (χ1v) is 11.3. The third kappa shape index (κ3) is 5.82. The molecule has 1 atom stereocenters. The maximum atomic E-state index is 13.2. The highest BCUT2D eigenvalue weighted by atomic mass is 35.5. The average molecular weight is 461 g/mol. The van der Waals surface area contributed by atoms with Crippen LogP contribution in [0.3, 0.4) is 0 Å². The number of nitrogens with one attached hydrogen (secondary N) is 1. The van der Waals surface area contributed by atoms with Gasteiger partial charge in [0.25, 0.3) is 5.91 Å². The summed E-state index contributed by atoms with van der Waals surface area (Å²) >= 11 is 6.07. The number of rotatable bonds is 7. The van der Waals surface area contributed by atoms with Crippen molar-refractivity contribution in [3.63, 3.8) is 0 Å². The molecule has 0 saturated heterocycles. The zero-order chi connectivity index (χ0) is 23.2. The molecular weight excluding hydrogens is 436 g/mol. The van der Waals surface area contributed by atoms with Crippen LogP contribution in [0.1, 0.15) is 24.5 Å². The van der Waals surface area contributed by atoms with E-state index in [2.05, 4.69) is 17.4 Å². The molecule has 4 rings (SSSR count). The Morgan fingerprint density at radius 2 is 1.82 bits per heavy atom. The normalized spacial score (nSPS) is 15.0. The second-order valence-electron chi connectivity index (χ2n) is 8.02. The van der Waals surface area contributed by atoms with E-state index in [9.17, 15) is 9.59 Å². The minimum Gasteiger partial charge on any atom is -0.449 e. The second kappa shape index (κ2) is 10.4. The molecule has 33 heavy (non-hydrogen) atoms. The fraction of sp³-hybridized carbons (Fsp3) is 0.185. The van der Waals surface area contributed by atoms with Crippen LogP contribution in [0, 0.1) is 0 Å². The molecule has 1 heterocycles. The van der Waals surface area contributed by atoms with Gasteiger partial charge in [-0.05, 0) is 61.2 Å². The topological polar surface area (TPSA) is 58.6 Å². The van der Waals surface area contributed by atoms with Gasteiger partial charge in [-0.15, -0.1) is 0 Å². The van der Waals surface area contributed by atoms with Crippen LogP contribution in [-0.4, -0.2) is 24.4 Å². The number of para-hydroxylation sites is 2. The summed E-state index contributed by atoms with van der Waals surface area (Å²) in [5.41, 5.74) is 2.54. The summed E-state index contributed by atoms with van der Waals surface area (Å²) in [6, 6.07) is 24.5. The number of aryl methyl sites for hydroxylation is 1. The fourth-order valence-corrected chi connectivity index (χ4v) is 3.93. The number of halogens is 1. The first-order chi connectivity index (χ1) is 16.0. The summed E-state index contributed by atoms with van der Waals surface area (Å²) in [5, 5.41) is 3.57. The minimum absolute atomic E-state index is 0.0226. The van der Waals surface area contributed by atoms with Crippen molar-refractivity contribution in [1.29, 1.82) is 0 Å². The van der Waals surface area contributed by atoms with E-state index in [-0.39, 0.29) is 30.2 Å². The Morgan fingerprint density at radius 1 is 1.06 bits per heavy atom. The van der Waals surface area contributed by atoms with Crippen molar-refractivity contribution in [3.8, 4) is 5.75 Å². The quantitative estimate of drug-likeness (QED) is 0.490. The lowest BCUT2D eigenvalue weighted by Crippen LogP contribution is -2.46. The van der Waals surface area contributed by atoms with Crippen molar-refractivity contribution in [3.05, 3.63) is 101 Å². The predicted octanol–water partition coefficient (Wildman–Crippen LogP) is 5.24. The molecule has 1 aliphatic rings. The van der Waals surface area contributed by atoms with Gasteiger partial charge in [-0.25, -0.2) is 0 Å². The highest BCUT2D eigenvalue weighted by Crippen LogP contribution is 2.35. The van der Waals surface area contributed by atoms with Crippen molar-refractivity contribution in [2.45, 2.75) is 25.8 Å². The standard InChI is InChI=1S/C27H25ClN2O3/c1-19(14-15-20-8-3-2-4-9-20)29-26(31)18-30-23-12-5-6-13-24(23)33-25(27(30)32)17-21-10-7-11-22(28)16-21/h2-13,16-17,19H,14-15,18H2,1H3,(H,29,31)/b25-17+/t19-/m1/s1. The van der Waals surface area contributed by atoms with Gasteiger partial charge in [0.15, 0.2) is 11.5 Å². The molecule has 1 aliphatic heterocycles. The number of hydrogen-bond donors (Lipinski definition) is 1. The van der Waals surface area contributed by atoms with Crippen LogP contribution in [0.25, 0.3) is 6.08 Å². The Labute approximate surface area is 198 Å². The number of benzene rings is 3. The molecule has 0 spiro atoms. The maximum Gasteiger partial charge on any atom is 0.294 e. The maximum absolute atomic E-state index is 13.2. The van der Waals surface area contributed by atoms with Gasteiger partial charge in [-0.2, -0.15) is 0 Å². The molecule has 0 saturated carbocycles. The molecule has 0 aromatic heterocycles. The van der Waals surface area contributed by atoms with E-state index in [0.29, 0.717) is 16.5 Å². The van der Waals surface area contributed by atoms with Crippen molar-refractivity contribution >= 4 is 35.2 Å². The van der Waals surface area contributed by atoms with Crippen molar-refractivity contribution in [1.82, 2.24) is 5.32 Å². The Kier molecular flexibility index (Phi) is 7.10. The van der Waals surface area contributed by atoms with Gasteiger partial charge in [-0.3, -0.25) is 14.5 Å². The van der Waals surface area contributed by atoms with E-state index in [1.807, 2.05) is 43.3 Å².